The van der Waals surface area contributed by atoms with Gasteiger partial charge >= 0.3 is 0 Å². The number of nitrogens with zero attached hydrogens (tertiary/aromatic N) is 3. The van der Waals surface area contributed by atoms with Crippen LogP contribution in [-0.2, 0) is 0 Å². The van der Waals surface area contributed by atoms with Crippen molar-refractivity contribution in [1.29, 1.82) is 5.26 Å². The van der Waals surface area contributed by atoms with Gasteiger partial charge in [0, 0.05) is 0 Å². The molecule has 2 aromatic rings. The van der Waals surface area contributed by atoms with E-state index in [1.165, 1.54) is 12.3 Å². The molecule has 0 unspecified atom stereocenters. The third-order valence-electron chi connectivity index (χ3n) is 2.16. The molecule has 1 aromatic carbocycles. The number of benzene rings is 1. The lowest BCUT2D eigenvalue weighted by Crippen LogP contribution is -2.01. The van der Waals surface area contributed by atoms with Gasteiger partial charge in [-0.25, -0.2) is 14.4 Å². The average molecular weight is 228 g/mol. The highest BCUT2D eigenvalue weighted by atomic mass is 19.1. The Balaban J connectivity index is 2.40. The fraction of sp³-hybridized carbons (Fsp3) is 0.0833. The van der Waals surface area contributed by atoms with Crippen molar-refractivity contribution < 1.29 is 4.39 Å². The smallest absolute Gasteiger partial charge is 0.152 e. The van der Waals surface area contributed by atoms with Gasteiger partial charge in [0.1, 0.15) is 23.3 Å². The number of rotatable bonds is 2. The quantitative estimate of drug-likeness (QED) is 0.857. The van der Waals surface area contributed by atoms with E-state index >= 15 is 0 Å². The number of anilines is 2. The SMILES string of the molecule is Cc1ncc(C#N)c(Nc2ccccc2F)n1. The van der Waals surface area contributed by atoms with Crippen molar-refractivity contribution in [2.75, 3.05) is 5.32 Å². The van der Waals surface area contributed by atoms with Gasteiger partial charge in [-0.3, -0.25) is 0 Å². The van der Waals surface area contributed by atoms with Crippen LogP contribution in [-0.4, -0.2) is 9.97 Å². The van der Waals surface area contributed by atoms with E-state index in [0.29, 0.717) is 11.6 Å². The first kappa shape index (κ1) is 11.0. The van der Waals surface area contributed by atoms with Gasteiger partial charge in [0.25, 0.3) is 0 Å². The minimum absolute atomic E-state index is 0.277. The predicted octanol–water partition coefficient (Wildman–Crippen LogP) is 2.54. The third-order valence-corrected chi connectivity index (χ3v) is 2.16. The van der Waals surface area contributed by atoms with Gasteiger partial charge in [-0.05, 0) is 19.1 Å². The molecular formula is C12H9FN4. The van der Waals surface area contributed by atoms with Crippen LogP contribution in [0.4, 0.5) is 15.9 Å². The molecule has 0 aliphatic heterocycles. The molecule has 0 saturated heterocycles. The van der Waals surface area contributed by atoms with E-state index in [2.05, 4.69) is 15.3 Å². The average Bonchev–Trinajstić information content (AvgIpc) is 2.32. The zero-order chi connectivity index (χ0) is 12.3. The molecule has 4 nitrogen and oxygen atoms in total. The summed E-state index contributed by atoms with van der Waals surface area (Å²) in [5.41, 5.74) is 0.556. The van der Waals surface area contributed by atoms with E-state index in [-0.39, 0.29) is 11.3 Å². The number of halogens is 1. The molecule has 0 saturated carbocycles. The zero-order valence-corrected chi connectivity index (χ0v) is 9.11. The van der Waals surface area contributed by atoms with Crippen molar-refractivity contribution in [2.24, 2.45) is 0 Å². The van der Waals surface area contributed by atoms with Crippen molar-refractivity contribution in [3.63, 3.8) is 0 Å². The number of hydrogen-bond donors (Lipinski definition) is 1. The van der Waals surface area contributed by atoms with Gasteiger partial charge in [-0.2, -0.15) is 5.26 Å². The normalized spacial score (nSPS) is 9.71. The standard InChI is InChI=1S/C12H9FN4/c1-8-15-7-9(6-14)12(16-8)17-11-5-3-2-4-10(11)13/h2-5,7H,1H3,(H,15,16,17). The molecule has 0 atom stereocenters. The van der Waals surface area contributed by atoms with Crippen molar-refractivity contribution >= 4 is 11.5 Å². The Hall–Kier alpha value is -2.48. The van der Waals surface area contributed by atoms with Crippen LogP contribution in [0.15, 0.2) is 30.5 Å². The third kappa shape index (κ3) is 2.37. The Morgan fingerprint density at radius 2 is 2.12 bits per heavy atom. The molecule has 0 spiro atoms. The Morgan fingerprint density at radius 3 is 2.82 bits per heavy atom. The highest BCUT2D eigenvalue weighted by Gasteiger charge is 2.07. The number of aryl methyl sites for hydroxylation is 1. The molecule has 1 N–H and O–H groups in total. The van der Waals surface area contributed by atoms with E-state index in [1.54, 1.807) is 25.1 Å². The predicted molar refractivity (Wildman–Crippen MR) is 61.2 cm³/mol. The van der Waals surface area contributed by atoms with Crippen molar-refractivity contribution in [3.05, 3.63) is 47.7 Å². The summed E-state index contributed by atoms with van der Waals surface area (Å²) in [6.07, 6.45) is 1.41. The van der Waals surface area contributed by atoms with Crippen LogP contribution < -0.4 is 5.32 Å². The highest BCUT2D eigenvalue weighted by Crippen LogP contribution is 2.20. The topological polar surface area (TPSA) is 61.6 Å². The number of hydrogen-bond acceptors (Lipinski definition) is 4. The maximum atomic E-state index is 13.4. The molecule has 5 heteroatoms. The number of nitrogens with one attached hydrogen (secondary N) is 1. The van der Waals surface area contributed by atoms with Gasteiger partial charge in [0.15, 0.2) is 5.82 Å². The fourth-order valence-electron chi connectivity index (χ4n) is 1.34. The highest BCUT2D eigenvalue weighted by molar-refractivity contribution is 5.62. The minimum atomic E-state index is -0.396. The first-order valence-corrected chi connectivity index (χ1v) is 4.96. The molecule has 2 rings (SSSR count). The van der Waals surface area contributed by atoms with Gasteiger partial charge < -0.3 is 5.32 Å². The zero-order valence-electron chi connectivity index (χ0n) is 9.11. The molecule has 84 valence electrons. The summed E-state index contributed by atoms with van der Waals surface area (Å²) >= 11 is 0. The Labute approximate surface area is 97.8 Å². The summed E-state index contributed by atoms with van der Waals surface area (Å²) in [7, 11) is 0. The van der Waals surface area contributed by atoms with E-state index in [1.807, 2.05) is 6.07 Å². The second kappa shape index (κ2) is 4.58. The first-order valence-electron chi connectivity index (χ1n) is 4.96. The van der Waals surface area contributed by atoms with Crippen LogP contribution >= 0.6 is 0 Å². The summed E-state index contributed by atoms with van der Waals surface area (Å²) in [6, 6.07) is 8.16. The van der Waals surface area contributed by atoms with Crippen LogP contribution in [0.5, 0.6) is 0 Å². The molecule has 0 aliphatic carbocycles. The van der Waals surface area contributed by atoms with Crippen LogP contribution in [0, 0.1) is 24.1 Å². The maximum absolute atomic E-state index is 13.4. The number of para-hydroxylation sites is 1. The molecule has 17 heavy (non-hydrogen) atoms. The van der Waals surface area contributed by atoms with Gasteiger partial charge in [0.05, 0.1) is 11.9 Å². The summed E-state index contributed by atoms with van der Waals surface area (Å²) in [5, 5.41) is 11.7. The van der Waals surface area contributed by atoms with Gasteiger partial charge in [-0.1, -0.05) is 12.1 Å². The fourth-order valence-corrected chi connectivity index (χ4v) is 1.34. The van der Waals surface area contributed by atoms with Crippen LogP contribution in [0.25, 0.3) is 0 Å². The lowest BCUT2D eigenvalue weighted by Gasteiger charge is -2.08. The lowest BCUT2D eigenvalue weighted by molar-refractivity contribution is 0.632. The Kier molecular flexibility index (Phi) is 2.97. The van der Waals surface area contributed by atoms with E-state index in [4.69, 9.17) is 5.26 Å². The second-order valence-corrected chi connectivity index (χ2v) is 3.40. The summed E-state index contributed by atoms with van der Waals surface area (Å²) in [6.45, 7) is 1.70. The van der Waals surface area contributed by atoms with Gasteiger partial charge in [-0.15, -0.1) is 0 Å². The van der Waals surface area contributed by atoms with Gasteiger partial charge in [0.2, 0.25) is 0 Å². The molecule has 0 amide bonds. The summed E-state index contributed by atoms with van der Waals surface area (Å²) in [4.78, 5) is 7.98. The number of aromatic nitrogens is 2. The first-order chi connectivity index (χ1) is 8.20. The monoisotopic (exact) mass is 228 g/mol. The summed E-state index contributed by atoms with van der Waals surface area (Å²) in [5.74, 6) is 0.431. The largest absolute Gasteiger partial charge is 0.337 e. The molecule has 0 bridgehead atoms. The van der Waals surface area contributed by atoms with Crippen LogP contribution in [0.2, 0.25) is 0 Å². The molecule has 1 heterocycles. The Bertz CT molecular complexity index is 589. The van der Waals surface area contributed by atoms with E-state index in [0.717, 1.165) is 0 Å². The summed E-state index contributed by atoms with van der Waals surface area (Å²) < 4.78 is 13.4. The Morgan fingerprint density at radius 1 is 1.35 bits per heavy atom. The van der Waals surface area contributed by atoms with E-state index in [9.17, 15) is 4.39 Å². The molecule has 0 fully saturated rings. The second-order valence-electron chi connectivity index (χ2n) is 3.40. The number of nitriles is 1. The molecular weight excluding hydrogens is 219 g/mol. The lowest BCUT2D eigenvalue weighted by atomic mass is 10.2. The van der Waals surface area contributed by atoms with Crippen molar-refractivity contribution in [1.82, 2.24) is 9.97 Å². The van der Waals surface area contributed by atoms with E-state index < -0.39 is 5.82 Å². The van der Waals surface area contributed by atoms with Crippen molar-refractivity contribution in [3.8, 4) is 6.07 Å². The van der Waals surface area contributed by atoms with Crippen molar-refractivity contribution in [2.45, 2.75) is 6.92 Å². The molecule has 0 aliphatic rings. The minimum Gasteiger partial charge on any atom is -0.337 e. The molecule has 1 aromatic heterocycles. The molecule has 0 radical (unpaired) electrons. The maximum Gasteiger partial charge on any atom is 0.152 e. The van der Waals surface area contributed by atoms with Crippen LogP contribution in [0.1, 0.15) is 11.4 Å². The van der Waals surface area contributed by atoms with Crippen LogP contribution in [0.3, 0.4) is 0 Å².